The number of hydrogen-bond acceptors (Lipinski definition) is 4. The highest BCUT2D eigenvalue weighted by Gasteiger charge is 1.83. The van der Waals surface area contributed by atoms with E-state index in [1.165, 1.54) is 0 Å². The highest BCUT2D eigenvalue weighted by atomic mass is 16.4. The summed E-state index contributed by atoms with van der Waals surface area (Å²) in [6.45, 7) is 2.17. The molecule has 16 heavy (non-hydrogen) atoms. The quantitative estimate of drug-likeness (QED) is 0.545. The molecule has 0 unspecified atom stereocenters. The van der Waals surface area contributed by atoms with Gasteiger partial charge in [-0.15, -0.1) is 0 Å². The number of aliphatic carboxylic acids is 2. The summed E-state index contributed by atoms with van der Waals surface area (Å²) < 4.78 is 0. The van der Waals surface area contributed by atoms with Crippen LogP contribution >= 0.6 is 0 Å². The van der Waals surface area contributed by atoms with E-state index in [0.29, 0.717) is 12.8 Å². The van der Waals surface area contributed by atoms with Crippen molar-refractivity contribution in [3.05, 3.63) is 0 Å². The van der Waals surface area contributed by atoms with Crippen LogP contribution in [0.4, 0.5) is 0 Å². The van der Waals surface area contributed by atoms with Gasteiger partial charge in [-0.05, 0) is 12.8 Å². The van der Waals surface area contributed by atoms with Crippen LogP contribution in [-0.2, 0) is 19.2 Å². The van der Waals surface area contributed by atoms with Crippen LogP contribution in [0.5, 0.6) is 0 Å². The minimum atomic E-state index is -0.833. The van der Waals surface area contributed by atoms with Crippen LogP contribution < -0.4 is 0 Å². The fourth-order valence-electron chi connectivity index (χ4n) is 0.455. The summed E-state index contributed by atoms with van der Waals surface area (Å²) >= 11 is 0. The number of unbranched alkanes of at least 4 members (excludes halogenated alkanes) is 3. The Labute approximate surface area is 94.3 Å². The van der Waals surface area contributed by atoms with E-state index in [9.17, 15) is 9.59 Å². The van der Waals surface area contributed by atoms with Gasteiger partial charge in [0.25, 0.3) is 11.9 Å². The zero-order chi connectivity index (χ0) is 13.4. The van der Waals surface area contributed by atoms with Gasteiger partial charge in [-0.3, -0.25) is 9.59 Å². The molecular formula is C10H18O6. The SMILES string of the molecule is CC(=O)O.CC(=O)O.O=CCCCCC=O. The van der Waals surface area contributed by atoms with Gasteiger partial charge >= 0.3 is 0 Å². The van der Waals surface area contributed by atoms with Gasteiger partial charge in [0.15, 0.2) is 0 Å². The number of rotatable bonds is 5. The number of hydrogen-bond donors (Lipinski definition) is 2. The molecule has 0 aromatic heterocycles. The molecule has 0 amide bonds. The molecule has 0 heterocycles. The van der Waals surface area contributed by atoms with Gasteiger partial charge in [-0.1, -0.05) is 0 Å². The molecule has 0 bridgehead atoms. The van der Waals surface area contributed by atoms with Gasteiger partial charge < -0.3 is 19.8 Å². The van der Waals surface area contributed by atoms with E-state index in [0.717, 1.165) is 39.3 Å². The van der Waals surface area contributed by atoms with E-state index < -0.39 is 11.9 Å². The molecule has 0 aliphatic rings. The number of carbonyl (C=O) groups is 4. The van der Waals surface area contributed by atoms with Gasteiger partial charge in [0, 0.05) is 26.7 Å². The number of carboxylic acid groups (broad SMARTS) is 2. The Bertz CT molecular complexity index is 169. The highest BCUT2D eigenvalue weighted by molar-refractivity contribution is 5.63. The monoisotopic (exact) mass is 234 g/mol. The van der Waals surface area contributed by atoms with Crippen molar-refractivity contribution in [2.24, 2.45) is 0 Å². The molecule has 0 saturated carbocycles. The Kier molecular flexibility index (Phi) is 23.4. The third-order valence-electron chi connectivity index (χ3n) is 0.894. The summed E-state index contributed by atoms with van der Waals surface area (Å²) in [6, 6.07) is 0. The van der Waals surface area contributed by atoms with Crippen molar-refractivity contribution in [3.8, 4) is 0 Å². The smallest absolute Gasteiger partial charge is 0.300 e. The van der Waals surface area contributed by atoms with Crippen LogP contribution in [-0.4, -0.2) is 34.7 Å². The van der Waals surface area contributed by atoms with Crippen molar-refractivity contribution in [2.75, 3.05) is 0 Å². The van der Waals surface area contributed by atoms with Crippen LogP contribution in [0.15, 0.2) is 0 Å². The molecule has 0 spiro atoms. The second kappa shape index (κ2) is 18.9. The predicted molar refractivity (Wildman–Crippen MR) is 57.2 cm³/mol. The molecule has 0 atom stereocenters. The van der Waals surface area contributed by atoms with Crippen molar-refractivity contribution in [1.82, 2.24) is 0 Å². The van der Waals surface area contributed by atoms with Crippen molar-refractivity contribution in [1.29, 1.82) is 0 Å². The zero-order valence-corrected chi connectivity index (χ0v) is 9.51. The molecule has 0 rings (SSSR count). The Balaban J connectivity index is -0.000000179. The number of carbonyl (C=O) groups excluding carboxylic acids is 2. The van der Waals surface area contributed by atoms with Crippen LogP contribution in [0.2, 0.25) is 0 Å². The molecule has 0 aromatic carbocycles. The minimum absolute atomic E-state index is 0.591. The summed E-state index contributed by atoms with van der Waals surface area (Å²) in [5.41, 5.74) is 0. The summed E-state index contributed by atoms with van der Waals surface area (Å²) in [6.07, 6.45) is 4.64. The Morgan fingerprint density at radius 3 is 1.19 bits per heavy atom. The van der Waals surface area contributed by atoms with Crippen molar-refractivity contribution < 1.29 is 29.4 Å². The first-order chi connectivity index (χ1) is 7.38. The molecule has 2 N–H and O–H groups in total. The fraction of sp³-hybridized carbons (Fsp3) is 0.600. The second-order valence-electron chi connectivity index (χ2n) is 2.66. The van der Waals surface area contributed by atoms with E-state index in [4.69, 9.17) is 19.8 Å². The first-order valence-electron chi connectivity index (χ1n) is 4.64. The average Bonchev–Trinajstić information content (AvgIpc) is 2.11. The Hall–Kier alpha value is -1.72. The molecule has 0 aromatic rings. The topological polar surface area (TPSA) is 109 Å². The lowest BCUT2D eigenvalue weighted by molar-refractivity contribution is -0.135. The summed E-state index contributed by atoms with van der Waals surface area (Å²) in [4.78, 5) is 37.4. The van der Waals surface area contributed by atoms with E-state index in [1.807, 2.05) is 0 Å². The fourth-order valence-corrected chi connectivity index (χ4v) is 0.455. The number of aldehydes is 2. The van der Waals surface area contributed by atoms with Gasteiger partial charge in [0.2, 0.25) is 0 Å². The van der Waals surface area contributed by atoms with E-state index >= 15 is 0 Å². The van der Waals surface area contributed by atoms with Crippen molar-refractivity contribution in [2.45, 2.75) is 39.5 Å². The second-order valence-corrected chi connectivity index (χ2v) is 2.66. The minimum Gasteiger partial charge on any atom is -0.481 e. The van der Waals surface area contributed by atoms with E-state index in [1.54, 1.807) is 0 Å². The maximum atomic E-state index is 9.68. The summed E-state index contributed by atoms with van der Waals surface area (Å²) in [5, 5.41) is 14.8. The largest absolute Gasteiger partial charge is 0.481 e. The van der Waals surface area contributed by atoms with E-state index in [-0.39, 0.29) is 0 Å². The predicted octanol–water partition coefficient (Wildman–Crippen LogP) is 1.13. The van der Waals surface area contributed by atoms with Gasteiger partial charge in [-0.2, -0.15) is 0 Å². The Morgan fingerprint density at radius 2 is 1.06 bits per heavy atom. The van der Waals surface area contributed by atoms with Gasteiger partial charge in [0.05, 0.1) is 0 Å². The molecule has 6 nitrogen and oxygen atoms in total. The average molecular weight is 234 g/mol. The zero-order valence-electron chi connectivity index (χ0n) is 9.51. The van der Waals surface area contributed by atoms with Crippen LogP contribution in [0, 0.1) is 0 Å². The standard InChI is InChI=1S/C6H10O2.2C2H4O2/c7-5-3-1-2-4-6-8;2*1-2(3)4/h5-6H,1-4H2;2*1H3,(H,3,4). The van der Waals surface area contributed by atoms with Crippen molar-refractivity contribution in [3.63, 3.8) is 0 Å². The molecular weight excluding hydrogens is 216 g/mol. The molecule has 6 heteroatoms. The van der Waals surface area contributed by atoms with Crippen LogP contribution in [0.3, 0.4) is 0 Å². The lowest BCUT2D eigenvalue weighted by Crippen LogP contribution is -1.78. The first kappa shape index (κ1) is 19.8. The molecule has 0 radical (unpaired) electrons. The molecule has 0 saturated heterocycles. The lowest BCUT2D eigenvalue weighted by atomic mass is 10.2. The number of carboxylic acids is 2. The summed E-state index contributed by atoms with van der Waals surface area (Å²) in [7, 11) is 0. The third-order valence-corrected chi connectivity index (χ3v) is 0.894. The summed E-state index contributed by atoms with van der Waals surface area (Å²) in [5.74, 6) is -1.67. The normalized spacial score (nSPS) is 7.38. The van der Waals surface area contributed by atoms with Crippen LogP contribution in [0.25, 0.3) is 0 Å². The van der Waals surface area contributed by atoms with Gasteiger partial charge in [-0.25, -0.2) is 0 Å². The van der Waals surface area contributed by atoms with E-state index in [2.05, 4.69) is 0 Å². The molecule has 94 valence electrons. The van der Waals surface area contributed by atoms with Crippen LogP contribution in [0.1, 0.15) is 39.5 Å². The highest BCUT2D eigenvalue weighted by Crippen LogP contribution is 1.93. The molecule has 0 aliphatic heterocycles. The maximum Gasteiger partial charge on any atom is 0.300 e. The molecule has 0 aliphatic carbocycles. The van der Waals surface area contributed by atoms with Gasteiger partial charge in [0.1, 0.15) is 12.6 Å². The first-order valence-corrected chi connectivity index (χ1v) is 4.64. The van der Waals surface area contributed by atoms with Crippen molar-refractivity contribution >= 4 is 24.5 Å². The third kappa shape index (κ3) is 145. The lowest BCUT2D eigenvalue weighted by Gasteiger charge is -1.85. The molecule has 0 fully saturated rings. The maximum absolute atomic E-state index is 9.68. The Morgan fingerprint density at radius 1 is 0.875 bits per heavy atom.